The number of hydrogen-bond donors (Lipinski definition) is 1. The van der Waals surface area contributed by atoms with Gasteiger partial charge in [0.2, 0.25) is 0 Å². The first kappa shape index (κ1) is 11.7. The molecule has 1 heterocycles. The molecule has 0 aromatic carbocycles. The summed E-state index contributed by atoms with van der Waals surface area (Å²) in [6, 6.07) is 3.17. The van der Waals surface area contributed by atoms with Crippen LogP contribution in [-0.4, -0.2) is 6.04 Å². The predicted molar refractivity (Wildman–Crippen MR) is 74.6 cm³/mol. The average Bonchev–Trinajstić information content (AvgIpc) is 2.88. The Labute approximate surface area is 109 Å². The summed E-state index contributed by atoms with van der Waals surface area (Å²) in [6.45, 7) is 5.91. The van der Waals surface area contributed by atoms with Gasteiger partial charge >= 0.3 is 0 Å². The maximum Gasteiger partial charge on any atom is 0.0302 e. The molecule has 2 aliphatic rings. The van der Waals surface area contributed by atoms with E-state index in [1.165, 1.54) is 38.5 Å². The molecule has 1 nitrogen and oxygen atoms in total. The van der Waals surface area contributed by atoms with Crippen LogP contribution in [0.5, 0.6) is 0 Å². The van der Waals surface area contributed by atoms with Crippen LogP contribution in [0.25, 0.3) is 0 Å². The molecule has 0 saturated heterocycles. The number of nitrogens with one attached hydrogen (secondary N) is 1. The van der Waals surface area contributed by atoms with Crippen molar-refractivity contribution in [2.45, 2.75) is 65.0 Å². The van der Waals surface area contributed by atoms with E-state index in [1.54, 1.807) is 15.3 Å². The van der Waals surface area contributed by atoms with Crippen molar-refractivity contribution in [1.29, 1.82) is 0 Å². The monoisotopic (exact) mass is 249 g/mol. The average molecular weight is 249 g/mol. The minimum absolute atomic E-state index is 0.500. The molecule has 1 fully saturated rings. The molecule has 0 radical (unpaired) electrons. The third-order valence-corrected chi connectivity index (χ3v) is 5.81. The molecule has 0 spiro atoms. The predicted octanol–water partition coefficient (Wildman–Crippen LogP) is 3.91. The number of thiophene rings is 1. The molecule has 1 aromatic heterocycles. The fourth-order valence-corrected chi connectivity index (χ4v) is 4.62. The summed E-state index contributed by atoms with van der Waals surface area (Å²) in [5.74, 6) is 0. The van der Waals surface area contributed by atoms with Crippen molar-refractivity contribution < 1.29 is 0 Å². The van der Waals surface area contributed by atoms with Crippen LogP contribution >= 0.6 is 11.3 Å². The molecule has 17 heavy (non-hydrogen) atoms. The van der Waals surface area contributed by atoms with E-state index < -0.39 is 0 Å². The van der Waals surface area contributed by atoms with Gasteiger partial charge in [0, 0.05) is 22.3 Å². The van der Waals surface area contributed by atoms with Crippen LogP contribution in [0, 0.1) is 5.41 Å². The first-order valence-corrected chi connectivity index (χ1v) is 7.81. The summed E-state index contributed by atoms with van der Waals surface area (Å²) in [5, 5.41) is 3.79. The maximum absolute atomic E-state index is 3.79. The molecule has 1 aromatic rings. The lowest BCUT2D eigenvalue weighted by molar-refractivity contribution is 0.283. The van der Waals surface area contributed by atoms with E-state index in [4.69, 9.17) is 0 Å². The molecule has 0 aliphatic heterocycles. The van der Waals surface area contributed by atoms with Crippen molar-refractivity contribution in [3.8, 4) is 0 Å². The highest BCUT2D eigenvalue weighted by Crippen LogP contribution is 2.37. The number of rotatable bonds is 3. The van der Waals surface area contributed by atoms with Gasteiger partial charge in [0.1, 0.15) is 0 Å². The molecule has 1 N–H and O–H groups in total. The van der Waals surface area contributed by atoms with Crippen LogP contribution in [0.2, 0.25) is 0 Å². The summed E-state index contributed by atoms with van der Waals surface area (Å²) in [7, 11) is 0. The van der Waals surface area contributed by atoms with Gasteiger partial charge in [-0.2, -0.15) is 0 Å². The van der Waals surface area contributed by atoms with Gasteiger partial charge in [-0.3, -0.25) is 0 Å². The van der Waals surface area contributed by atoms with Gasteiger partial charge in [0.05, 0.1) is 0 Å². The lowest BCUT2D eigenvalue weighted by Crippen LogP contribution is -2.37. The molecular formula is C15H23NS. The van der Waals surface area contributed by atoms with E-state index in [1.807, 2.05) is 11.3 Å². The summed E-state index contributed by atoms with van der Waals surface area (Å²) in [4.78, 5) is 3.21. The van der Waals surface area contributed by atoms with Crippen LogP contribution in [0.4, 0.5) is 0 Å². The van der Waals surface area contributed by atoms with Crippen LogP contribution < -0.4 is 5.32 Å². The maximum atomic E-state index is 3.79. The van der Waals surface area contributed by atoms with E-state index in [-0.39, 0.29) is 0 Å². The highest BCUT2D eigenvalue weighted by Gasteiger charge is 2.33. The Morgan fingerprint density at radius 3 is 2.94 bits per heavy atom. The van der Waals surface area contributed by atoms with Gasteiger partial charge in [0.15, 0.2) is 0 Å². The Kier molecular flexibility index (Phi) is 3.04. The van der Waals surface area contributed by atoms with Crippen LogP contribution in [-0.2, 0) is 19.4 Å². The minimum Gasteiger partial charge on any atom is -0.309 e. The first-order chi connectivity index (χ1) is 8.15. The van der Waals surface area contributed by atoms with Gasteiger partial charge < -0.3 is 5.32 Å². The second kappa shape index (κ2) is 4.40. The molecule has 2 heteroatoms. The van der Waals surface area contributed by atoms with Gasteiger partial charge in [-0.1, -0.05) is 20.3 Å². The normalized spacial score (nSPS) is 26.4. The number of hydrogen-bond acceptors (Lipinski definition) is 2. The summed E-state index contributed by atoms with van der Waals surface area (Å²) >= 11 is 2.04. The molecule has 3 rings (SSSR count). The minimum atomic E-state index is 0.500. The highest BCUT2D eigenvalue weighted by atomic mass is 32.1. The Morgan fingerprint density at radius 1 is 1.35 bits per heavy atom. The second-order valence-corrected chi connectivity index (χ2v) is 7.55. The van der Waals surface area contributed by atoms with Crippen molar-refractivity contribution in [3.05, 3.63) is 21.4 Å². The standard InChI is InChI=1S/C15H23NS/c1-15(2)8-4-7-14(15)16-10-12-9-11-5-3-6-13(11)17-12/h9,14,16H,3-8,10H2,1-2H3. The van der Waals surface area contributed by atoms with Crippen LogP contribution in [0.15, 0.2) is 6.07 Å². The molecule has 1 saturated carbocycles. The van der Waals surface area contributed by atoms with Crippen molar-refractivity contribution in [2.75, 3.05) is 0 Å². The van der Waals surface area contributed by atoms with E-state index >= 15 is 0 Å². The van der Waals surface area contributed by atoms with E-state index in [9.17, 15) is 0 Å². The van der Waals surface area contributed by atoms with Crippen LogP contribution in [0.1, 0.15) is 54.8 Å². The van der Waals surface area contributed by atoms with Gasteiger partial charge in [-0.05, 0) is 49.1 Å². The molecular weight excluding hydrogens is 226 g/mol. The topological polar surface area (TPSA) is 12.0 Å². The van der Waals surface area contributed by atoms with E-state index in [2.05, 4.69) is 25.2 Å². The molecule has 0 bridgehead atoms. The molecule has 1 atom stereocenters. The summed E-state index contributed by atoms with van der Waals surface area (Å²) in [5.41, 5.74) is 2.14. The smallest absolute Gasteiger partial charge is 0.0302 e. The number of fused-ring (bicyclic) bond motifs is 1. The van der Waals surface area contributed by atoms with Gasteiger partial charge in [-0.25, -0.2) is 0 Å². The fraction of sp³-hybridized carbons (Fsp3) is 0.733. The van der Waals surface area contributed by atoms with Crippen molar-refractivity contribution in [3.63, 3.8) is 0 Å². The van der Waals surface area contributed by atoms with Crippen LogP contribution in [0.3, 0.4) is 0 Å². The molecule has 94 valence electrons. The Balaban J connectivity index is 1.60. The Morgan fingerprint density at radius 2 is 2.24 bits per heavy atom. The summed E-state index contributed by atoms with van der Waals surface area (Å²) in [6.07, 6.45) is 8.16. The molecule has 0 amide bonds. The second-order valence-electron chi connectivity index (χ2n) is 6.33. The number of aryl methyl sites for hydroxylation is 2. The van der Waals surface area contributed by atoms with Crippen molar-refractivity contribution in [2.24, 2.45) is 5.41 Å². The zero-order chi connectivity index (χ0) is 11.9. The van der Waals surface area contributed by atoms with Gasteiger partial charge in [-0.15, -0.1) is 11.3 Å². The quantitative estimate of drug-likeness (QED) is 0.856. The lowest BCUT2D eigenvalue weighted by atomic mass is 9.87. The van der Waals surface area contributed by atoms with Gasteiger partial charge in [0.25, 0.3) is 0 Å². The Hall–Kier alpha value is -0.340. The van der Waals surface area contributed by atoms with E-state index in [0.29, 0.717) is 5.41 Å². The SMILES string of the molecule is CC1(C)CCCC1NCc1cc2c(s1)CCC2. The van der Waals surface area contributed by atoms with E-state index in [0.717, 1.165) is 12.6 Å². The lowest BCUT2D eigenvalue weighted by Gasteiger charge is -2.27. The largest absolute Gasteiger partial charge is 0.309 e. The highest BCUT2D eigenvalue weighted by molar-refractivity contribution is 7.12. The zero-order valence-electron chi connectivity index (χ0n) is 11.0. The van der Waals surface area contributed by atoms with Crippen molar-refractivity contribution in [1.82, 2.24) is 5.32 Å². The third kappa shape index (κ3) is 2.30. The molecule has 1 unspecified atom stereocenters. The van der Waals surface area contributed by atoms with Crippen molar-refractivity contribution >= 4 is 11.3 Å². The third-order valence-electron chi connectivity index (χ3n) is 4.58. The summed E-state index contributed by atoms with van der Waals surface area (Å²) < 4.78 is 0. The Bertz CT molecular complexity index is 384. The first-order valence-electron chi connectivity index (χ1n) is 6.99. The zero-order valence-corrected chi connectivity index (χ0v) is 11.8. The fourth-order valence-electron chi connectivity index (χ4n) is 3.41. The molecule has 2 aliphatic carbocycles.